The number of nitrogens with zero attached hydrogens (tertiary/aromatic N) is 2. The van der Waals surface area contributed by atoms with Crippen LogP contribution in [0.3, 0.4) is 0 Å². The molecule has 1 aromatic rings. The van der Waals surface area contributed by atoms with Crippen LogP contribution >= 0.6 is 11.8 Å². The van der Waals surface area contributed by atoms with Gasteiger partial charge in [0.25, 0.3) is 0 Å². The quantitative estimate of drug-likeness (QED) is 0.917. The molecule has 1 spiro atoms. The molecule has 3 heterocycles. The third-order valence-electron chi connectivity index (χ3n) is 4.30. The van der Waals surface area contributed by atoms with Crippen molar-refractivity contribution < 1.29 is 4.74 Å². The fraction of sp³-hybridized carbons (Fsp3) is 0.714. The first-order valence-corrected chi connectivity index (χ1v) is 8.13. The molecule has 2 aliphatic rings. The van der Waals surface area contributed by atoms with Gasteiger partial charge in [-0.05, 0) is 44.0 Å². The predicted molar refractivity (Wildman–Crippen MR) is 77.2 cm³/mol. The minimum atomic E-state index is 0.135. The maximum absolute atomic E-state index is 6.11. The van der Waals surface area contributed by atoms with Crippen LogP contribution in [0.4, 0.5) is 0 Å². The van der Waals surface area contributed by atoms with Gasteiger partial charge in [0.15, 0.2) is 0 Å². The lowest BCUT2D eigenvalue weighted by molar-refractivity contribution is -0.0852. The van der Waals surface area contributed by atoms with Gasteiger partial charge in [-0.2, -0.15) is 11.8 Å². The van der Waals surface area contributed by atoms with Gasteiger partial charge < -0.3 is 10.1 Å². The van der Waals surface area contributed by atoms with Crippen molar-refractivity contribution in [2.75, 3.05) is 25.2 Å². The molecule has 3 rings (SSSR count). The van der Waals surface area contributed by atoms with Crippen molar-refractivity contribution in [3.63, 3.8) is 0 Å². The highest BCUT2D eigenvalue weighted by atomic mass is 32.2. The lowest BCUT2D eigenvalue weighted by Gasteiger charge is -2.40. The van der Waals surface area contributed by atoms with Gasteiger partial charge in [-0.25, -0.2) is 9.97 Å². The van der Waals surface area contributed by atoms with E-state index < -0.39 is 0 Å². The molecule has 0 bridgehead atoms. The second-order valence-corrected chi connectivity index (χ2v) is 6.59. The van der Waals surface area contributed by atoms with E-state index in [4.69, 9.17) is 4.74 Å². The van der Waals surface area contributed by atoms with Crippen LogP contribution in [0.1, 0.15) is 31.0 Å². The zero-order valence-corrected chi connectivity index (χ0v) is 12.2. The highest BCUT2D eigenvalue weighted by Crippen LogP contribution is 2.43. The third kappa shape index (κ3) is 2.78. The van der Waals surface area contributed by atoms with Crippen molar-refractivity contribution in [3.05, 3.63) is 24.3 Å². The summed E-state index contributed by atoms with van der Waals surface area (Å²) in [6, 6.07) is 2.33. The highest BCUT2D eigenvalue weighted by Gasteiger charge is 2.42. The summed E-state index contributed by atoms with van der Waals surface area (Å²) < 4.78 is 6.11. The van der Waals surface area contributed by atoms with Gasteiger partial charge in [0, 0.05) is 18.6 Å². The predicted octanol–water partition coefficient (Wildman–Crippen LogP) is 2.04. The Bertz CT molecular complexity index is 408. The number of aromatic nitrogens is 2. The van der Waals surface area contributed by atoms with Crippen molar-refractivity contribution in [3.8, 4) is 0 Å². The SMILES string of the molecule is CNC(c1ccncn1)C1CCOC2(CCSC2)C1. The van der Waals surface area contributed by atoms with Crippen molar-refractivity contribution in [2.45, 2.75) is 30.9 Å². The summed E-state index contributed by atoms with van der Waals surface area (Å²) in [4.78, 5) is 8.43. The van der Waals surface area contributed by atoms with Crippen LogP contribution in [0, 0.1) is 5.92 Å². The summed E-state index contributed by atoms with van der Waals surface area (Å²) in [7, 11) is 2.03. The van der Waals surface area contributed by atoms with E-state index in [1.807, 2.05) is 31.1 Å². The molecular weight excluding hydrogens is 258 g/mol. The largest absolute Gasteiger partial charge is 0.374 e. The Morgan fingerprint density at radius 2 is 2.53 bits per heavy atom. The van der Waals surface area contributed by atoms with E-state index in [1.165, 1.54) is 12.2 Å². The summed E-state index contributed by atoms with van der Waals surface area (Å²) in [5.41, 5.74) is 1.24. The second kappa shape index (κ2) is 5.77. The maximum Gasteiger partial charge on any atom is 0.115 e. The van der Waals surface area contributed by atoms with E-state index >= 15 is 0 Å². The Kier molecular flexibility index (Phi) is 4.05. The van der Waals surface area contributed by atoms with Crippen molar-refractivity contribution in [1.82, 2.24) is 15.3 Å². The van der Waals surface area contributed by atoms with Crippen LogP contribution < -0.4 is 5.32 Å². The molecule has 0 amide bonds. The first-order chi connectivity index (χ1) is 9.33. The topological polar surface area (TPSA) is 47.0 Å². The zero-order chi connectivity index (χ0) is 13.1. The molecule has 2 saturated heterocycles. The van der Waals surface area contributed by atoms with Crippen LogP contribution in [0.15, 0.2) is 18.6 Å². The van der Waals surface area contributed by atoms with Gasteiger partial charge >= 0.3 is 0 Å². The minimum Gasteiger partial charge on any atom is -0.374 e. The van der Waals surface area contributed by atoms with Crippen LogP contribution in [0.2, 0.25) is 0 Å². The van der Waals surface area contributed by atoms with E-state index in [-0.39, 0.29) is 5.60 Å². The van der Waals surface area contributed by atoms with Crippen LogP contribution in [-0.2, 0) is 4.74 Å². The van der Waals surface area contributed by atoms with Crippen molar-refractivity contribution >= 4 is 11.8 Å². The number of thioether (sulfide) groups is 1. The molecule has 0 saturated carbocycles. The van der Waals surface area contributed by atoms with Gasteiger partial charge in [-0.15, -0.1) is 0 Å². The minimum absolute atomic E-state index is 0.135. The third-order valence-corrected chi connectivity index (χ3v) is 5.53. The molecular formula is C14H21N3OS. The van der Waals surface area contributed by atoms with E-state index in [0.717, 1.165) is 30.9 Å². The van der Waals surface area contributed by atoms with Crippen LogP contribution in [0.25, 0.3) is 0 Å². The van der Waals surface area contributed by atoms with Gasteiger partial charge in [-0.1, -0.05) is 0 Å². The van der Waals surface area contributed by atoms with E-state index in [1.54, 1.807) is 6.33 Å². The lowest BCUT2D eigenvalue weighted by Crippen LogP contribution is -2.43. The average molecular weight is 279 g/mol. The second-order valence-electron chi connectivity index (χ2n) is 5.49. The van der Waals surface area contributed by atoms with Crippen LogP contribution in [-0.4, -0.2) is 40.7 Å². The Hall–Kier alpha value is -0.650. The number of rotatable bonds is 3. The fourth-order valence-corrected chi connectivity index (χ4v) is 4.70. The van der Waals surface area contributed by atoms with Crippen molar-refractivity contribution in [2.24, 2.45) is 5.92 Å². The Balaban J connectivity index is 1.76. The Morgan fingerprint density at radius 1 is 1.58 bits per heavy atom. The Labute approximate surface area is 118 Å². The highest BCUT2D eigenvalue weighted by molar-refractivity contribution is 7.99. The lowest BCUT2D eigenvalue weighted by atomic mass is 9.80. The molecule has 3 atom stereocenters. The smallest absolute Gasteiger partial charge is 0.115 e. The summed E-state index contributed by atoms with van der Waals surface area (Å²) >= 11 is 2.03. The first-order valence-electron chi connectivity index (χ1n) is 6.98. The Morgan fingerprint density at radius 3 is 3.21 bits per heavy atom. The summed E-state index contributed by atoms with van der Waals surface area (Å²) in [5, 5.41) is 3.44. The molecule has 5 heteroatoms. The first kappa shape index (κ1) is 13.3. The fourth-order valence-electron chi connectivity index (χ4n) is 3.32. The standard InChI is InChI=1S/C14H21N3OS/c1-15-13(12-2-5-16-10-17-12)11-3-6-18-14(8-11)4-7-19-9-14/h2,5,10-11,13,15H,3-4,6-9H2,1H3. The number of ether oxygens (including phenoxy) is 1. The normalized spacial score (nSPS) is 32.6. The molecule has 104 valence electrons. The van der Waals surface area contributed by atoms with Crippen molar-refractivity contribution in [1.29, 1.82) is 0 Å². The molecule has 0 radical (unpaired) electrons. The van der Waals surface area contributed by atoms with E-state index in [2.05, 4.69) is 15.3 Å². The van der Waals surface area contributed by atoms with Gasteiger partial charge in [0.05, 0.1) is 17.3 Å². The average Bonchev–Trinajstić information content (AvgIpc) is 2.89. The molecule has 1 aromatic heterocycles. The monoisotopic (exact) mass is 279 g/mol. The van der Waals surface area contributed by atoms with E-state index in [0.29, 0.717) is 12.0 Å². The number of hydrogen-bond acceptors (Lipinski definition) is 5. The molecule has 19 heavy (non-hydrogen) atoms. The maximum atomic E-state index is 6.11. The zero-order valence-electron chi connectivity index (χ0n) is 11.3. The van der Waals surface area contributed by atoms with Crippen LogP contribution in [0.5, 0.6) is 0 Å². The number of nitrogens with one attached hydrogen (secondary N) is 1. The van der Waals surface area contributed by atoms with Gasteiger partial charge in [0.1, 0.15) is 6.33 Å². The molecule has 1 N–H and O–H groups in total. The van der Waals surface area contributed by atoms with Gasteiger partial charge in [0.2, 0.25) is 0 Å². The molecule has 2 fully saturated rings. The molecule has 0 aromatic carbocycles. The molecule has 4 nitrogen and oxygen atoms in total. The summed E-state index contributed by atoms with van der Waals surface area (Å²) in [6.07, 6.45) is 6.93. The summed E-state index contributed by atoms with van der Waals surface area (Å²) in [6.45, 7) is 0.883. The molecule has 2 aliphatic heterocycles. The number of hydrogen-bond donors (Lipinski definition) is 1. The van der Waals surface area contributed by atoms with E-state index in [9.17, 15) is 0 Å². The molecule has 3 unspecified atom stereocenters. The molecule has 0 aliphatic carbocycles. The van der Waals surface area contributed by atoms with Gasteiger partial charge in [-0.3, -0.25) is 0 Å². The summed E-state index contributed by atoms with van der Waals surface area (Å²) in [5.74, 6) is 3.00.